The van der Waals surface area contributed by atoms with E-state index in [1.165, 1.54) is 30.8 Å². The first-order chi connectivity index (χ1) is 10.0. The van der Waals surface area contributed by atoms with Gasteiger partial charge in [0.15, 0.2) is 0 Å². The summed E-state index contributed by atoms with van der Waals surface area (Å²) in [6.07, 6.45) is 1.03. The van der Waals surface area contributed by atoms with Gasteiger partial charge in [0.2, 0.25) is 0 Å². The summed E-state index contributed by atoms with van der Waals surface area (Å²) in [6, 6.07) is 7.34. The fraction of sp³-hybridized carbons (Fsp3) is 0.667. The first-order valence-electron chi connectivity index (χ1n) is 8.28. The van der Waals surface area contributed by atoms with Crippen LogP contribution in [0.5, 0.6) is 5.75 Å². The highest BCUT2D eigenvalue weighted by Gasteiger charge is 2.42. The van der Waals surface area contributed by atoms with Crippen molar-refractivity contribution in [1.82, 2.24) is 10.2 Å². The molecular weight excluding hydrogens is 260 g/mol. The van der Waals surface area contributed by atoms with Crippen LogP contribution in [0.1, 0.15) is 31.9 Å². The van der Waals surface area contributed by atoms with Crippen molar-refractivity contribution in [3.8, 4) is 5.75 Å². The Morgan fingerprint density at radius 3 is 3.00 bits per heavy atom. The molecule has 1 N–H and O–H groups in total. The molecule has 3 unspecified atom stereocenters. The summed E-state index contributed by atoms with van der Waals surface area (Å²) in [5.41, 5.74) is 2.71. The molecule has 3 aliphatic heterocycles. The Morgan fingerprint density at radius 1 is 1.33 bits per heavy atom. The van der Waals surface area contributed by atoms with E-state index in [2.05, 4.69) is 49.2 Å². The molecule has 0 saturated carbocycles. The van der Waals surface area contributed by atoms with Crippen molar-refractivity contribution < 1.29 is 4.74 Å². The van der Waals surface area contributed by atoms with Crippen molar-refractivity contribution >= 4 is 0 Å². The zero-order valence-electron chi connectivity index (χ0n) is 13.4. The molecule has 0 aliphatic carbocycles. The van der Waals surface area contributed by atoms with Crippen LogP contribution in [0, 0.1) is 11.8 Å². The van der Waals surface area contributed by atoms with E-state index in [4.69, 9.17) is 4.74 Å². The predicted molar refractivity (Wildman–Crippen MR) is 84.6 cm³/mol. The second kappa shape index (κ2) is 4.72. The quantitative estimate of drug-likeness (QED) is 0.904. The van der Waals surface area contributed by atoms with Crippen LogP contribution in [-0.4, -0.2) is 36.2 Å². The van der Waals surface area contributed by atoms with E-state index >= 15 is 0 Å². The average molecular weight is 286 g/mol. The van der Waals surface area contributed by atoms with Crippen LogP contribution in [0.4, 0.5) is 0 Å². The summed E-state index contributed by atoms with van der Waals surface area (Å²) in [5.74, 6) is 2.83. The Bertz CT molecular complexity index is 554. The summed E-state index contributed by atoms with van der Waals surface area (Å²) in [4.78, 5) is 2.65. The molecular formula is C18H26N2O. The monoisotopic (exact) mass is 286 g/mol. The minimum Gasteiger partial charge on any atom is -0.487 e. The van der Waals surface area contributed by atoms with E-state index in [0.29, 0.717) is 6.04 Å². The molecule has 3 atom stereocenters. The molecule has 0 aromatic heterocycles. The third-order valence-corrected chi connectivity index (χ3v) is 5.60. The van der Waals surface area contributed by atoms with Crippen LogP contribution in [-0.2, 0) is 13.0 Å². The lowest BCUT2D eigenvalue weighted by Crippen LogP contribution is -2.33. The Hall–Kier alpha value is -1.06. The fourth-order valence-corrected chi connectivity index (χ4v) is 4.49. The number of hydrogen-bond donors (Lipinski definition) is 1. The van der Waals surface area contributed by atoms with E-state index in [9.17, 15) is 0 Å². The molecule has 0 bridgehead atoms. The third kappa shape index (κ3) is 2.27. The maximum absolute atomic E-state index is 6.23. The van der Waals surface area contributed by atoms with Gasteiger partial charge >= 0.3 is 0 Å². The number of fused-ring (bicyclic) bond motifs is 2. The molecule has 21 heavy (non-hydrogen) atoms. The third-order valence-electron chi connectivity index (χ3n) is 5.60. The predicted octanol–water partition coefficient (Wildman–Crippen LogP) is 2.44. The van der Waals surface area contributed by atoms with Gasteiger partial charge in [0, 0.05) is 31.1 Å². The summed E-state index contributed by atoms with van der Waals surface area (Å²) in [7, 11) is 0. The highest BCUT2D eigenvalue weighted by molar-refractivity contribution is 5.45. The van der Waals surface area contributed by atoms with E-state index in [1.807, 2.05) is 0 Å². The fourth-order valence-electron chi connectivity index (χ4n) is 4.49. The molecule has 0 spiro atoms. The minimum atomic E-state index is -0.0461. The molecule has 0 radical (unpaired) electrons. The standard InChI is InChI=1S/C18H26N2O/c1-12-16-9-19-8-15(16)11-20(12)10-14-6-4-5-13-7-18(2,3)21-17(13)14/h4-6,12,15-16,19H,7-11H2,1-3H3. The van der Waals surface area contributed by atoms with Gasteiger partial charge in [-0.1, -0.05) is 18.2 Å². The van der Waals surface area contributed by atoms with Crippen molar-refractivity contribution in [3.63, 3.8) is 0 Å². The molecule has 1 aromatic rings. The maximum atomic E-state index is 6.23. The Labute approximate surface area is 127 Å². The number of nitrogens with zero attached hydrogens (tertiary/aromatic N) is 1. The molecule has 3 heteroatoms. The number of hydrogen-bond acceptors (Lipinski definition) is 3. The first-order valence-corrected chi connectivity index (χ1v) is 8.28. The molecule has 3 nitrogen and oxygen atoms in total. The number of ether oxygens (including phenoxy) is 1. The largest absolute Gasteiger partial charge is 0.487 e. The number of benzene rings is 1. The summed E-state index contributed by atoms with van der Waals surface area (Å²) < 4.78 is 6.23. The van der Waals surface area contributed by atoms with Crippen LogP contribution in [0.3, 0.4) is 0 Å². The molecule has 4 rings (SSSR count). The van der Waals surface area contributed by atoms with Gasteiger partial charge in [-0.2, -0.15) is 0 Å². The molecule has 1 aromatic carbocycles. The van der Waals surface area contributed by atoms with Crippen molar-refractivity contribution in [2.75, 3.05) is 19.6 Å². The number of likely N-dealkylation sites (tertiary alicyclic amines) is 1. The molecule has 2 fully saturated rings. The minimum absolute atomic E-state index is 0.0461. The van der Waals surface area contributed by atoms with E-state index in [1.54, 1.807) is 0 Å². The van der Waals surface area contributed by atoms with Gasteiger partial charge in [0.1, 0.15) is 11.4 Å². The van der Waals surface area contributed by atoms with Crippen LogP contribution in [0.25, 0.3) is 0 Å². The van der Waals surface area contributed by atoms with Gasteiger partial charge in [-0.05, 0) is 51.3 Å². The highest BCUT2D eigenvalue weighted by Crippen LogP contribution is 2.40. The zero-order chi connectivity index (χ0) is 14.6. The lowest BCUT2D eigenvalue weighted by atomic mass is 9.95. The highest BCUT2D eigenvalue weighted by atomic mass is 16.5. The lowest BCUT2D eigenvalue weighted by molar-refractivity contribution is 0.134. The van der Waals surface area contributed by atoms with Crippen molar-refractivity contribution in [2.45, 2.75) is 45.4 Å². The van der Waals surface area contributed by atoms with E-state index < -0.39 is 0 Å². The van der Waals surface area contributed by atoms with Gasteiger partial charge in [0.05, 0.1) is 0 Å². The van der Waals surface area contributed by atoms with Crippen molar-refractivity contribution in [2.24, 2.45) is 11.8 Å². The van der Waals surface area contributed by atoms with E-state index in [0.717, 1.165) is 30.6 Å². The van der Waals surface area contributed by atoms with Gasteiger partial charge < -0.3 is 10.1 Å². The molecule has 114 valence electrons. The Kier molecular flexibility index (Phi) is 3.05. The van der Waals surface area contributed by atoms with Crippen LogP contribution in [0.2, 0.25) is 0 Å². The Balaban J connectivity index is 1.56. The topological polar surface area (TPSA) is 24.5 Å². The summed E-state index contributed by atoms with van der Waals surface area (Å²) in [6.45, 7) is 11.4. The smallest absolute Gasteiger partial charge is 0.127 e. The Morgan fingerprint density at radius 2 is 2.19 bits per heavy atom. The summed E-state index contributed by atoms with van der Waals surface area (Å²) >= 11 is 0. The lowest BCUT2D eigenvalue weighted by Gasteiger charge is -2.25. The van der Waals surface area contributed by atoms with Gasteiger partial charge in [0.25, 0.3) is 0 Å². The zero-order valence-corrected chi connectivity index (χ0v) is 13.4. The summed E-state index contributed by atoms with van der Waals surface area (Å²) in [5, 5.41) is 3.54. The van der Waals surface area contributed by atoms with Gasteiger partial charge in [-0.3, -0.25) is 4.90 Å². The number of para-hydroxylation sites is 1. The van der Waals surface area contributed by atoms with E-state index in [-0.39, 0.29) is 5.60 Å². The van der Waals surface area contributed by atoms with Gasteiger partial charge in [-0.15, -0.1) is 0 Å². The molecule has 0 amide bonds. The van der Waals surface area contributed by atoms with Crippen molar-refractivity contribution in [3.05, 3.63) is 29.3 Å². The molecule has 3 heterocycles. The van der Waals surface area contributed by atoms with Crippen LogP contribution < -0.4 is 10.1 Å². The average Bonchev–Trinajstić information content (AvgIpc) is 3.06. The van der Waals surface area contributed by atoms with Crippen LogP contribution in [0.15, 0.2) is 18.2 Å². The maximum Gasteiger partial charge on any atom is 0.127 e. The SMILES string of the molecule is CC1C2CNCC2CN1Cc1cccc2c1OC(C)(C)C2. The van der Waals surface area contributed by atoms with Crippen LogP contribution >= 0.6 is 0 Å². The normalized spacial score (nSPS) is 33.8. The van der Waals surface area contributed by atoms with Crippen molar-refractivity contribution in [1.29, 1.82) is 0 Å². The molecule has 2 saturated heterocycles. The first kappa shape index (κ1) is 13.6. The van der Waals surface area contributed by atoms with Gasteiger partial charge in [-0.25, -0.2) is 0 Å². The number of nitrogens with one attached hydrogen (secondary N) is 1. The second-order valence-electron chi connectivity index (χ2n) is 7.70. The molecule has 3 aliphatic rings. The number of rotatable bonds is 2. The second-order valence-corrected chi connectivity index (χ2v) is 7.70.